The van der Waals surface area contributed by atoms with Gasteiger partial charge >= 0.3 is 0 Å². The van der Waals surface area contributed by atoms with Crippen molar-refractivity contribution in [3.8, 4) is 11.5 Å². The molecule has 0 radical (unpaired) electrons. The third-order valence-corrected chi connectivity index (χ3v) is 4.19. The highest BCUT2D eigenvalue weighted by Crippen LogP contribution is 2.42. The summed E-state index contributed by atoms with van der Waals surface area (Å²) in [6.07, 6.45) is -0.167. The van der Waals surface area contributed by atoms with E-state index in [1.54, 1.807) is 11.0 Å². The smallest absolute Gasteiger partial charge is 0.244 e. The van der Waals surface area contributed by atoms with E-state index < -0.39 is 12.3 Å². The number of benzene rings is 1. The van der Waals surface area contributed by atoms with Crippen LogP contribution in [0.25, 0.3) is 0 Å². The van der Waals surface area contributed by atoms with Crippen molar-refractivity contribution in [1.29, 1.82) is 0 Å². The molecule has 2 unspecified atom stereocenters. The lowest BCUT2D eigenvalue weighted by atomic mass is 10.0. The van der Waals surface area contributed by atoms with Crippen LogP contribution in [0.4, 0.5) is 0 Å². The van der Waals surface area contributed by atoms with Crippen LogP contribution in [0.15, 0.2) is 12.1 Å². The molecular weight excluding hydrogens is 276 g/mol. The molecule has 7 heteroatoms. The zero-order chi connectivity index (χ0) is 14.6. The molecule has 0 spiro atoms. The van der Waals surface area contributed by atoms with E-state index in [0.29, 0.717) is 30.9 Å². The summed E-state index contributed by atoms with van der Waals surface area (Å²) >= 11 is 0. The maximum absolute atomic E-state index is 12.0. The van der Waals surface area contributed by atoms with Crippen LogP contribution in [-0.2, 0) is 16.1 Å². The summed E-state index contributed by atoms with van der Waals surface area (Å²) < 4.78 is 10.6. The third kappa shape index (κ3) is 1.89. The number of fused-ring (bicyclic) bond motifs is 2. The normalized spacial score (nSPS) is 27.7. The molecule has 0 bridgehead atoms. The maximum Gasteiger partial charge on any atom is 0.244 e. The Hall–Kier alpha value is -2.12. The zero-order valence-electron chi connectivity index (χ0n) is 11.2. The highest BCUT2D eigenvalue weighted by Gasteiger charge is 2.40. The topological polar surface area (TPSA) is 88.1 Å². The molecule has 2 amide bonds. The van der Waals surface area contributed by atoms with Gasteiger partial charge in [0.25, 0.3) is 0 Å². The first kappa shape index (κ1) is 12.6. The number of rotatable bonds is 1. The fourth-order valence-electron chi connectivity index (χ4n) is 3.12. The van der Waals surface area contributed by atoms with Gasteiger partial charge in [-0.15, -0.1) is 0 Å². The molecule has 0 aromatic heterocycles. The Kier molecular flexibility index (Phi) is 2.66. The predicted octanol–water partition coefficient (Wildman–Crippen LogP) is 0.0270. The van der Waals surface area contributed by atoms with Gasteiger partial charge in [-0.3, -0.25) is 19.8 Å². The van der Waals surface area contributed by atoms with Crippen LogP contribution >= 0.6 is 0 Å². The number of nitrogens with one attached hydrogen (secondary N) is 1. The molecule has 21 heavy (non-hydrogen) atoms. The number of amides is 2. The molecule has 2 N–H and O–H groups in total. The Morgan fingerprint density at radius 1 is 1.24 bits per heavy atom. The number of aliphatic hydroxyl groups is 1. The Balaban J connectivity index is 1.63. The summed E-state index contributed by atoms with van der Waals surface area (Å²) in [5, 5.41) is 12.8. The molecule has 0 aliphatic carbocycles. The van der Waals surface area contributed by atoms with Crippen LogP contribution in [0.1, 0.15) is 30.2 Å². The monoisotopic (exact) mass is 290 g/mol. The first-order valence-electron chi connectivity index (χ1n) is 6.83. The second-order valence-corrected chi connectivity index (χ2v) is 5.42. The standard InChI is InChI=1S/C14H14N2O5/c17-12-2-1-9(13(18)15-12)16-5-7-3-10-11(21-6-20-10)4-8(7)14(16)19/h3-4,9,14,19H,1-2,5-6H2,(H,15,17,18). The second-order valence-electron chi connectivity index (χ2n) is 5.42. The van der Waals surface area contributed by atoms with Crippen LogP contribution in [0.2, 0.25) is 0 Å². The average Bonchev–Trinajstić information content (AvgIpc) is 3.02. The fraction of sp³-hybridized carbons (Fsp3) is 0.429. The Morgan fingerprint density at radius 3 is 2.76 bits per heavy atom. The minimum Gasteiger partial charge on any atom is -0.454 e. The van der Waals surface area contributed by atoms with Crippen molar-refractivity contribution in [2.75, 3.05) is 6.79 Å². The lowest BCUT2D eigenvalue weighted by molar-refractivity contribution is -0.141. The molecule has 3 heterocycles. The number of hydrogen-bond acceptors (Lipinski definition) is 6. The van der Waals surface area contributed by atoms with Crippen LogP contribution in [0.5, 0.6) is 11.5 Å². The van der Waals surface area contributed by atoms with Crippen molar-refractivity contribution in [3.05, 3.63) is 23.3 Å². The number of piperidine rings is 1. The van der Waals surface area contributed by atoms with Crippen molar-refractivity contribution in [3.63, 3.8) is 0 Å². The number of aliphatic hydroxyl groups excluding tert-OH is 1. The van der Waals surface area contributed by atoms with Crippen molar-refractivity contribution in [1.82, 2.24) is 10.2 Å². The first-order chi connectivity index (χ1) is 10.1. The maximum atomic E-state index is 12.0. The van der Waals surface area contributed by atoms with Gasteiger partial charge in [0.2, 0.25) is 18.6 Å². The first-order valence-corrected chi connectivity index (χ1v) is 6.83. The average molecular weight is 290 g/mol. The van der Waals surface area contributed by atoms with E-state index in [-0.39, 0.29) is 18.6 Å². The Bertz CT molecular complexity index is 644. The summed E-state index contributed by atoms with van der Waals surface area (Å²) in [5.41, 5.74) is 1.64. The molecule has 3 aliphatic heterocycles. The molecule has 7 nitrogen and oxygen atoms in total. The zero-order valence-corrected chi connectivity index (χ0v) is 11.2. The molecule has 1 fully saturated rings. The molecule has 3 aliphatic rings. The molecule has 1 aromatic carbocycles. The Labute approximate surface area is 120 Å². The van der Waals surface area contributed by atoms with Gasteiger partial charge < -0.3 is 14.6 Å². The summed E-state index contributed by atoms with van der Waals surface area (Å²) in [5.74, 6) is 0.658. The second kappa shape index (κ2) is 4.44. The van der Waals surface area contributed by atoms with E-state index in [0.717, 1.165) is 11.1 Å². The molecular formula is C14H14N2O5. The summed E-state index contributed by atoms with van der Waals surface area (Å²) in [6.45, 7) is 0.630. The largest absolute Gasteiger partial charge is 0.454 e. The highest BCUT2D eigenvalue weighted by molar-refractivity contribution is 6.00. The molecule has 1 aromatic rings. The van der Waals surface area contributed by atoms with E-state index in [1.807, 2.05) is 6.07 Å². The van der Waals surface area contributed by atoms with Crippen LogP contribution in [-0.4, -0.2) is 34.7 Å². The van der Waals surface area contributed by atoms with Gasteiger partial charge in [-0.1, -0.05) is 0 Å². The van der Waals surface area contributed by atoms with Gasteiger partial charge in [0, 0.05) is 18.5 Å². The summed E-state index contributed by atoms with van der Waals surface area (Å²) in [6, 6.07) is 3.10. The SMILES string of the molecule is O=C1CCC(N2Cc3cc4c(cc3C2O)OCO4)C(=O)N1. The molecule has 2 atom stereocenters. The van der Waals surface area contributed by atoms with Crippen molar-refractivity contribution < 1.29 is 24.2 Å². The fourth-order valence-corrected chi connectivity index (χ4v) is 3.12. The summed E-state index contributed by atoms with van der Waals surface area (Å²) in [7, 11) is 0. The number of nitrogens with zero attached hydrogens (tertiary/aromatic N) is 1. The van der Waals surface area contributed by atoms with E-state index >= 15 is 0 Å². The van der Waals surface area contributed by atoms with Crippen molar-refractivity contribution in [2.24, 2.45) is 0 Å². The number of carbonyl (C=O) groups is 2. The van der Waals surface area contributed by atoms with Gasteiger partial charge in [0.15, 0.2) is 11.5 Å². The lowest BCUT2D eigenvalue weighted by Gasteiger charge is -2.31. The number of ether oxygens (including phenoxy) is 2. The molecule has 0 saturated carbocycles. The van der Waals surface area contributed by atoms with E-state index in [2.05, 4.69) is 5.32 Å². The van der Waals surface area contributed by atoms with E-state index in [9.17, 15) is 14.7 Å². The Morgan fingerprint density at radius 2 is 2.00 bits per heavy atom. The minimum absolute atomic E-state index is 0.186. The van der Waals surface area contributed by atoms with Crippen LogP contribution in [0.3, 0.4) is 0 Å². The van der Waals surface area contributed by atoms with Crippen molar-refractivity contribution in [2.45, 2.75) is 31.7 Å². The molecule has 4 rings (SSSR count). The quantitative estimate of drug-likeness (QED) is 0.709. The highest BCUT2D eigenvalue weighted by atomic mass is 16.7. The minimum atomic E-state index is -0.876. The van der Waals surface area contributed by atoms with E-state index in [1.165, 1.54) is 0 Å². The van der Waals surface area contributed by atoms with Crippen LogP contribution < -0.4 is 14.8 Å². The molecule has 110 valence electrons. The van der Waals surface area contributed by atoms with Gasteiger partial charge in [-0.2, -0.15) is 0 Å². The number of imide groups is 1. The van der Waals surface area contributed by atoms with Gasteiger partial charge in [-0.25, -0.2) is 0 Å². The van der Waals surface area contributed by atoms with Gasteiger partial charge in [0.05, 0.1) is 6.04 Å². The summed E-state index contributed by atoms with van der Waals surface area (Å²) in [4.78, 5) is 24.9. The number of carbonyl (C=O) groups excluding carboxylic acids is 2. The van der Waals surface area contributed by atoms with Crippen molar-refractivity contribution >= 4 is 11.8 Å². The predicted molar refractivity (Wildman–Crippen MR) is 69.2 cm³/mol. The van der Waals surface area contributed by atoms with Gasteiger partial charge in [-0.05, 0) is 24.1 Å². The van der Waals surface area contributed by atoms with Gasteiger partial charge in [0.1, 0.15) is 6.23 Å². The lowest BCUT2D eigenvalue weighted by Crippen LogP contribution is -2.51. The third-order valence-electron chi connectivity index (χ3n) is 4.19. The molecule has 1 saturated heterocycles. The van der Waals surface area contributed by atoms with Crippen LogP contribution in [0, 0.1) is 0 Å². The van der Waals surface area contributed by atoms with E-state index in [4.69, 9.17) is 9.47 Å². The number of hydrogen-bond donors (Lipinski definition) is 2.